The van der Waals surface area contributed by atoms with Gasteiger partial charge < -0.3 is 24.6 Å². The highest BCUT2D eigenvalue weighted by Crippen LogP contribution is 2.27. The summed E-state index contributed by atoms with van der Waals surface area (Å²) in [7, 11) is 3.02. The molecule has 0 aliphatic carbocycles. The molecular formula is C22H27N3O6. The average Bonchev–Trinajstić information content (AvgIpc) is 2.78. The number of amides is 2. The lowest BCUT2D eigenvalue weighted by Crippen LogP contribution is -2.26. The molecule has 0 aromatic heterocycles. The first-order chi connectivity index (χ1) is 15.0. The molecule has 0 atom stereocenters. The minimum absolute atomic E-state index is 0.0400. The number of methoxy groups -OCH3 is 2. The Bertz CT molecular complexity index is 929. The van der Waals surface area contributed by atoms with Crippen molar-refractivity contribution in [3.8, 4) is 23.0 Å². The lowest BCUT2D eigenvalue weighted by Gasteiger charge is -2.10. The van der Waals surface area contributed by atoms with Gasteiger partial charge in [-0.15, -0.1) is 0 Å². The fourth-order valence-corrected chi connectivity index (χ4v) is 2.65. The number of hydrogen-bond acceptors (Lipinski definition) is 7. The number of benzene rings is 2. The van der Waals surface area contributed by atoms with E-state index in [2.05, 4.69) is 15.8 Å². The molecule has 0 aliphatic heterocycles. The molecule has 0 radical (unpaired) electrons. The summed E-state index contributed by atoms with van der Waals surface area (Å²) in [6.07, 6.45) is 2.11. The first-order valence-corrected chi connectivity index (χ1v) is 9.76. The number of aromatic hydroxyl groups is 1. The van der Waals surface area contributed by atoms with Crippen molar-refractivity contribution >= 4 is 18.0 Å². The van der Waals surface area contributed by atoms with Crippen molar-refractivity contribution in [2.45, 2.75) is 19.8 Å². The molecule has 0 spiro atoms. The van der Waals surface area contributed by atoms with Crippen LogP contribution in [0.4, 0.5) is 0 Å². The molecule has 2 aromatic carbocycles. The van der Waals surface area contributed by atoms with Gasteiger partial charge in [0.2, 0.25) is 5.91 Å². The van der Waals surface area contributed by atoms with Crippen molar-refractivity contribution in [2.24, 2.45) is 5.10 Å². The molecule has 2 amide bonds. The Hall–Kier alpha value is -3.75. The Morgan fingerprint density at radius 3 is 2.55 bits per heavy atom. The summed E-state index contributed by atoms with van der Waals surface area (Å²) in [6, 6.07) is 9.66. The lowest BCUT2D eigenvalue weighted by molar-refractivity contribution is -0.121. The Morgan fingerprint density at radius 2 is 1.84 bits per heavy atom. The second kappa shape index (κ2) is 12.1. The third-order valence-electron chi connectivity index (χ3n) is 4.20. The van der Waals surface area contributed by atoms with Crippen molar-refractivity contribution < 1.29 is 28.9 Å². The standard InChI is InChI=1S/C22H27N3O6/c1-4-31-19-12-15(7-9-17(19)26)14-24-25-21(27)6-5-11-23-22(28)16-8-10-18(29-2)20(13-16)30-3/h7-10,12-14,26H,4-6,11H2,1-3H3,(H,23,28)(H,25,27)/b24-14+. The van der Waals surface area contributed by atoms with E-state index in [9.17, 15) is 14.7 Å². The number of phenolic OH excluding ortho intramolecular Hbond substituents is 1. The quantitative estimate of drug-likeness (QED) is 0.287. The molecule has 0 saturated heterocycles. The average molecular weight is 429 g/mol. The van der Waals surface area contributed by atoms with E-state index in [0.717, 1.165) is 0 Å². The Morgan fingerprint density at radius 1 is 1.06 bits per heavy atom. The van der Waals surface area contributed by atoms with Gasteiger partial charge in [-0.1, -0.05) is 0 Å². The van der Waals surface area contributed by atoms with Crippen LogP contribution >= 0.6 is 0 Å². The minimum atomic E-state index is -0.277. The van der Waals surface area contributed by atoms with Crippen molar-refractivity contribution in [1.29, 1.82) is 0 Å². The van der Waals surface area contributed by atoms with Gasteiger partial charge in [-0.25, -0.2) is 5.43 Å². The molecule has 0 bridgehead atoms. The summed E-state index contributed by atoms with van der Waals surface area (Å²) >= 11 is 0. The third kappa shape index (κ3) is 7.22. The number of nitrogens with one attached hydrogen (secondary N) is 2. The van der Waals surface area contributed by atoms with Gasteiger partial charge in [0.1, 0.15) is 0 Å². The van der Waals surface area contributed by atoms with Gasteiger partial charge >= 0.3 is 0 Å². The molecular weight excluding hydrogens is 402 g/mol. The molecule has 0 fully saturated rings. The summed E-state index contributed by atoms with van der Waals surface area (Å²) in [6.45, 7) is 2.57. The van der Waals surface area contributed by atoms with Gasteiger partial charge in [0.15, 0.2) is 23.0 Å². The molecule has 0 aliphatic rings. The molecule has 2 rings (SSSR count). The molecule has 0 saturated carbocycles. The van der Waals surface area contributed by atoms with Gasteiger partial charge in [0, 0.05) is 18.5 Å². The minimum Gasteiger partial charge on any atom is -0.504 e. The number of nitrogens with zero attached hydrogens (tertiary/aromatic N) is 1. The number of hydrogen-bond donors (Lipinski definition) is 3. The topological polar surface area (TPSA) is 118 Å². The van der Waals surface area contributed by atoms with E-state index in [1.165, 1.54) is 26.5 Å². The third-order valence-corrected chi connectivity index (χ3v) is 4.20. The normalized spacial score (nSPS) is 10.5. The van der Waals surface area contributed by atoms with Crippen molar-refractivity contribution in [3.63, 3.8) is 0 Å². The fourth-order valence-electron chi connectivity index (χ4n) is 2.65. The van der Waals surface area contributed by atoms with Crippen LogP contribution in [0.3, 0.4) is 0 Å². The zero-order chi connectivity index (χ0) is 22.6. The molecule has 0 heterocycles. The summed E-state index contributed by atoms with van der Waals surface area (Å²) in [5, 5.41) is 16.3. The summed E-state index contributed by atoms with van der Waals surface area (Å²) < 4.78 is 15.6. The van der Waals surface area contributed by atoms with Gasteiger partial charge in [0.25, 0.3) is 5.91 Å². The van der Waals surface area contributed by atoms with Gasteiger partial charge in [-0.3, -0.25) is 9.59 Å². The predicted octanol–water partition coefficient (Wildman–Crippen LogP) is 2.47. The zero-order valence-electron chi connectivity index (χ0n) is 17.8. The van der Waals surface area contributed by atoms with Crippen molar-refractivity contribution in [1.82, 2.24) is 10.7 Å². The number of phenols is 1. The van der Waals surface area contributed by atoms with Crippen LogP contribution in [0.1, 0.15) is 35.7 Å². The first kappa shape index (κ1) is 23.5. The van der Waals surface area contributed by atoms with Crippen LogP contribution in [0.5, 0.6) is 23.0 Å². The maximum atomic E-state index is 12.2. The number of hydrazone groups is 1. The number of rotatable bonds is 11. The number of carbonyl (C=O) groups excluding carboxylic acids is 2. The second-order valence-corrected chi connectivity index (χ2v) is 6.38. The van der Waals surface area contributed by atoms with Crippen LogP contribution in [-0.4, -0.2) is 50.5 Å². The fraction of sp³-hybridized carbons (Fsp3) is 0.318. The van der Waals surface area contributed by atoms with Gasteiger partial charge in [0.05, 0.1) is 27.0 Å². The Balaban J connectivity index is 1.74. The molecule has 3 N–H and O–H groups in total. The maximum absolute atomic E-state index is 12.2. The number of carbonyl (C=O) groups is 2. The summed E-state index contributed by atoms with van der Waals surface area (Å²) in [5.74, 6) is 0.852. The summed E-state index contributed by atoms with van der Waals surface area (Å²) in [4.78, 5) is 24.1. The summed E-state index contributed by atoms with van der Waals surface area (Å²) in [5.41, 5.74) is 3.54. The highest BCUT2D eigenvalue weighted by Gasteiger charge is 2.10. The molecule has 9 nitrogen and oxygen atoms in total. The maximum Gasteiger partial charge on any atom is 0.251 e. The van der Waals surface area contributed by atoms with E-state index < -0.39 is 0 Å². The first-order valence-electron chi connectivity index (χ1n) is 9.76. The highest BCUT2D eigenvalue weighted by molar-refractivity contribution is 5.94. The highest BCUT2D eigenvalue weighted by atomic mass is 16.5. The van der Waals surface area contributed by atoms with E-state index in [1.54, 1.807) is 30.3 Å². The molecule has 166 valence electrons. The van der Waals surface area contributed by atoms with Crippen molar-refractivity contribution in [3.05, 3.63) is 47.5 Å². The molecule has 2 aromatic rings. The molecule has 31 heavy (non-hydrogen) atoms. The van der Waals surface area contributed by atoms with Crippen LogP contribution in [-0.2, 0) is 4.79 Å². The van der Waals surface area contributed by atoms with E-state index in [-0.39, 0.29) is 24.0 Å². The molecule has 0 unspecified atom stereocenters. The van der Waals surface area contributed by atoms with E-state index in [1.807, 2.05) is 6.92 Å². The Labute approximate surface area is 181 Å². The van der Waals surface area contributed by atoms with Gasteiger partial charge in [-0.05, 0) is 55.3 Å². The Kier molecular flexibility index (Phi) is 9.15. The van der Waals surface area contributed by atoms with Crippen LogP contribution < -0.4 is 25.0 Å². The van der Waals surface area contributed by atoms with E-state index in [0.29, 0.717) is 47.9 Å². The lowest BCUT2D eigenvalue weighted by atomic mass is 10.2. The van der Waals surface area contributed by atoms with Crippen LogP contribution in [0, 0.1) is 0 Å². The zero-order valence-corrected chi connectivity index (χ0v) is 17.8. The largest absolute Gasteiger partial charge is 0.504 e. The van der Waals surface area contributed by atoms with Crippen molar-refractivity contribution in [2.75, 3.05) is 27.4 Å². The SMILES string of the molecule is CCOc1cc(/C=N/NC(=O)CCCNC(=O)c2ccc(OC)c(OC)c2)ccc1O. The van der Waals surface area contributed by atoms with Crippen LogP contribution in [0.15, 0.2) is 41.5 Å². The smallest absolute Gasteiger partial charge is 0.251 e. The van der Waals surface area contributed by atoms with Crippen LogP contribution in [0.2, 0.25) is 0 Å². The molecule has 9 heteroatoms. The van der Waals surface area contributed by atoms with Gasteiger partial charge in [-0.2, -0.15) is 5.10 Å². The van der Waals surface area contributed by atoms with Crippen LogP contribution in [0.25, 0.3) is 0 Å². The predicted molar refractivity (Wildman–Crippen MR) is 116 cm³/mol. The van der Waals surface area contributed by atoms with E-state index in [4.69, 9.17) is 14.2 Å². The number of ether oxygens (including phenoxy) is 3. The second-order valence-electron chi connectivity index (χ2n) is 6.38. The van der Waals surface area contributed by atoms with E-state index >= 15 is 0 Å². The monoisotopic (exact) mass is 429 g/mol.